The van der Waals surface area contributed by atoms with Crippen LogP contribution in [0.4, 0.5) is 10.1 Å². The van der Waals surface area contributed by atoms with Gasteiger partial charge in [-0.15, -0.1) is 6.42 Å². The Morgan fingerprint density at radius 1 is 1.27 bits per heavy atom. The van der Waals surface area contributed by atoms with Crippen molar-refractivity contribution in [2.24, 2.45) is 24.1 Å². The van der Waals surface area contributed by atoms with Crippen LogP contribution in [0.25, 0.3) is 0 Å². The van der Waals surface area contributed by atoms with E-state index in [-0.39, 0.29) is 36.0 Å². The maximum absolute atomic E-state index is 13.6. The van der Waals surface area contributed by atoms with Gasteiger partial charge in [0.05, 0.1) is 17.0 Å². The molecule has 0 saturated heterocycles. The average Bonchev–Trinajstić information content (AvgIpc) is 3.06. The summed E-state index contributed by atoms with van der Waals surface area (Å²) in [6, 6.07) is 3.84. The van der Waals surface area contributed by atoms with Crippen molar-refractivity contribution in [1.29, 1.82) is 0 Å². The zero-order chi connectivity index (χ0) is 28.2. The average molecular weight is 510 g/mol. The molecule has 0 fully saturated rings. The van der Waals surface area contributed by atoms with E-state index < -0.39 is 28.9 Å². The van der Waals surface area contributed by atoms with Crippen molar-refractivity contribution in [3.63, 3.8) is 0 Å². The molecule has 2 aromatic rings. The summed E-state index contributed by atoms with van der Waals surface area (Å²) in [7, 11) is 1.64. The van der Waals surface area contributed by atoms with Gasteiger partial charge in [0, 0.05) is 24.8 Å². The molecule has 1 amide bonds. The highest BCUT2D eigenvalue weighted by molar-refractivity contribution is 6.44. The minimum Gasteiger partial charge on any atom is -0.495 e. The minimum absolute atomic E-state index is 0.0285. The summed E-state index contributed by atoms with van der Waals surface area (Å²) in [6.45, 7) is 14.2. The third kappa shape index (κ3) is 6.55. The Labute approximate surface area is 218 Å². The number of terminal acetylenes is 1. The van der Waals surface area contributed by atoms with E-state index in [2.05, 4.69) is 17.8 Å². The molecule has 1 aromatic heterocycles. The van der Waals surface area contributed by atoms with Crippen molar-refractivity contribution in [3.05, 3.63) is 64.4 Å². The number of nitrogens with one attached hydrogen (secondary N) is 1. The summed E-state index contributed by atoms with van der Waals surface area (Å²) >= 11 is 0. The Morgan fingerprint density at radius 3 is 2.43 bits per heavy atom. The Morgan fingerprint density at radius 2 is 1.89 bits per heavy atom. The van der Waals surface area contributed by atoms with Crippen molar-refractivity contribution in [1.82, 2.24) is 4.57 Å². The molecule has 8 heteroatoms. The van der Waals surface area contributed by atoms with Gasteiger partial charge < -0.3 is 20.4 Å². The molecule has 3 N–H and O–H groups in total. The van der Waals surface area contributed by atoms with Gasteiger partial charge in [-0.05, 0) is 62.9 Å². The lowest BCUT2D eigenvalue weighted by molar-refractivity contribution is -0.117. The van der Waals surface area contributed by atoms with Gasteiger partial charge >= 0.3 is 0 Å². The highest BCUT2D eigenvalue weighted by atomic mass is 19.1. The minimum atomic E-state index is -1.07. The summed E-state index contributed by atoms with van der Waals surface area (Å²) in [6.07, 6.45) is 5.45. The van der Waals surface area contributed by atoms with E-state index in [1.54, 1.807) is 39.3 Å². The summed E-state index contributed by atoms with van der Waals surface area (Å²) in [5.74, 6) is 0.733. The number of hydrogen-bond acceptors (Lipinski definition) is 5. The Kier molecular flexibility index (Phi) is 9.23. The number of aryl methyl sites for hydroxylation is 1. The van der Waals surface area contributed by atoms with Crippen LogP contribution < -0.4 is 11.1 Å². The predicted octanol–water partition coefficient (Wildman–Crippen LogP) is 4.64. The number of benzene rings is 1. The van der Waals surface area contributed by atoms with Gasteiger partial charge in [0.15, 0.2) is 0 Å². The van der Waals surface area contributed by atoms with E-state index in [0.717, 1.165) is 0 Å². The molecule has 2 rings (SSSR count). The zero-order valence-corrected chi connectivity index (χ0v) is 22.6. The monoisotopic (exact) mass is 509 g/mol. The number of Topliss-reactive ketones (excluding diaryl/α,β-unsaturated/α-hetero) is 2. The van der Waals surface area contributed by atoms with Crippen molar-refractivity contribution in [3.8, 4) is 12.3 Å². The number of nitrogens with zero attached hydrogens (tertiary/aromatic N) is 1. The Hall–Kier alpha value is -3.70. The van der Waals surface area contributed by atoms with Gasteiger partial charge in [0.25, 0.3) is 5.91 Å². The lowest BCUT2D eigenvalue weighted by Crippen LogP contribution is -2.33. The van der Waals surface area contributed by atoms with Gasteiger partial charge in [0.2, 0.25) is 11.6 Å². The molecule has 0 aliphatic carbocycles. The van der Waals surface area contributed by atoms with Crippen molar-refractivity contribution in [2.45, 2.75) is 54.0 Å². The van der Waals surface area contributed by atoms with E-state index in [9.17, 15) is 18.8 Å². The molecule has 198 valence electrons. The van der Waals surface area contributed by atoms with Crippen LogP contribution in [0.2, 0.25) is 0 Å². The van der Waals surface area contributed by atoms with Crippen molar-refractivity contribution >= 4 is 23.2 Å². The first-order chi connectivity index (χ1) is 17.1. The van der Waals surface area contributed by atoms with Gasteiger partial charge in [-0.25, -0.2) is 4.39 Å². The number of amides is 1. The molecule has 2 unspecified atom stereocenters. The highest BCUT2D eigenvalue weighted by Gasteiger charge is 2.34. The molecule has 0 aliphatic rings. The Bertz CT molecular complexity index is 1290. The largest absolute Gasteiger partial charge is 0.495 e. The first-order valence-corrected chi connectivity index (χ1v) is 12.0. The standard InChI is InChI=1S/C29H36FN3O4/c1-10-29(8,15-37-20(7)25(31)16(2)3)14-23(34)27(35)24-18(5)26(33(9)19(24)6)28(36)32-21-11-12-22(30)17(4)13-21/h1,11-13,16,25H,7,14-15,31H2,2-6,8-9H3,(H,32,36). The third-order valence-electron chi connectivity index (χ3n) is 6.61. The van der Waals surface area contributed by atoms with Crippen molar-refractivity contribution in [2.75, 3.05) is 11.9 Å². The third-order valence-corrected chi connectivity index (χ3v) is 6.61. The molecular weight excluding hydrogens is 473 g/mol. The molecule has 1 aromatic carbocycles. The molecule has 0 radical (unpaired) electrons. The first kappa shape index (κ1) is 29.5. The van der Waals surface area contributed by atoms with Gasteiger partial charge in [-0.1, -0.05) is 26.3 Å². The van der Waals surface area contributed by atoms with Gasteiger partial charge in [-0.3, -0.25) is 14.4 Å². The summed E-state index contributed by atoms with van der Waals surface area (Å²) in [4.78, 5) is 39.4. The number of aromatic nitrogens is 1. The molecule has 2 atom stereocenters. The fourth-order valence-corrected chi connectivity index (χ4v) is 3.98. The van der Waals surface area contributed by atoms with Gasteiger partial charge in [-0.2, -0.15) is 0 Å². The number of ketones is 2. The zero-order valence-electron chi connectivity index (χ0n) is 22.6. The number of hydrogen-bond donors (Lipinski definition) is 2. The van der Waals surface area contributed by atoms with Crippen LogP contribution >= 0.6 is 0 Å². The second-order valence-corrected chi connectivity index (χ2v) is 10.1. The number of carbonyl (C=O) groups excluding carboxylic acids is 3. The van der Waals surface area contributed by atoms with Gasteiger partial charge in [0.1, 0.15) is 23.9 Å². The maximum Gasteiger partial charge on any atom is 0.272 e. The SMILES string of the molecule is C#CC(C)(COC(=C)C(N)C(C)C)CC(=O)C(=O)c1c(C)c(C(=O)Nc2ccc(F)c(C)c2)n(C)c1C. The van der Waals surface area contributed by atoms with Crippen LogP contribution in [0, 0.1) is 50.3 Å². The summed E-state index contributed by atoms with van der Waals surface area (Å²) < 4.78 is 20.8. The quantitative estimate of drug-likeness (QED) is 0.199. The first-order valence-electron chi connectivity index (χ1n) is 12.0. The predicted molar refractivity (Wildman–Crippen MR) is 143 cm³/mol. The number of rotatable bonds is 11. The lowest BCUT2D eigenvalue weighted by atomic mass is 9.84. The molecule has 0 aliphatic heterocycles. The molecule has 0 saturated carbocycles. The molecule has 1 heterocycles. The molecule has 7 nitrogen and oxygen atoms in total. The highest BCUT2D eigenvalue weighted by Crippen LogP contribution is 2.28. The van der Waals surface area contributed by atoms with E-state index in [0.29, 0.717) is 28.3 Å². The lowest BCUT2D eigenvalue weighted by Gasteiger charge is -2.26. The number of anilines is 1. The van der Waals surface area contributed by atoms with E-state index in [4.69, 9.17) is 16.9 Å². The van der Waals surface area contributed by atoms with Crippen LogP contribution in [0.3, 0.4) is 0 Å². The second-order valence-electron chi connectivity index (χ2n) is 10.1. The fraction of sp³-hybridized carbons (Fsp3) is 0.414. The van der Waals surface area contributed by atoms with E-state index in [1.807, 2.05) is 13.8 Å². The molecule has 37 heavy (non-hydrogen) atoms. The Balaban J connectivity index is 2.25. The van der Waals surface area contributed by atoms with E-state index in [1.165, 1.54) is 18.2 Å². The second kappa shape index (κ2) is 11.6. The molecule has 0 spiro atoms. The van der Waals surface area contributed by atoms with Crippen LogP contribution in [-0.2, 0) is 16.6 Å². The number of ether oxygens (including phenoxy) is 1. The number of carbonyl (C=O) groups is 3. The smallest absolute Gasteiger partial charge is 0.272 e. The number of nitrogens with two attached hydrogens (primary N) is 1. The fourth-order valence-electron chi connectivity index (χ4n) is 3.98. The van der Waals surface area contributed by atoms with Crippen LogP contribution in [-0.4, -0.2) is 34.7 Å². The van der Waals surface area contributed by atoms with Crippen molar-refractivity contribution < 1.29 is 23.5 Å². The number of halogens is 1. The normalized spacial score (nSPS) is 13.4. The summed E-state index contributed by atoms with van der Waals surface area (Å²) in [5.41, 5.74) is 6.98. The van der Waals surface area contributed by atoms with Crippen LogP contribution in [0.15, 0.2) is 30.5 Å². The summed E-state index contributed by atoms with van der Waals surface area (Å²) in [5, 5.41) is 2.72. The topological polar surface area (TPSA) is 103 Å². The molecule has 0 bridgehead atoms. The van der Waals surface area contributed by atoms with E-state index >= 15 is 0 Å². The maximum atomic E-state index is 13.6. The van der Waals surface area contributed by atoms with Crippen LogP contribution in [0.5, 0.6) is 0 Å². The van der Waals surface area contributed by atoms with Crippen LogP contribution in [0.1, 0.15) is 64.9 Å². The molecular formula is C29H36FN3O4.